The highest BCUT2D eigenvalue weighted by Gasteiger charge is 2.38. The van der Waals surface area contributed by atoms with E-state index >= 15 is 0 Å². The van der Waals surface area contributed by atoms with Crippen molar-refractivity contribution in [3.05, 3.63) is 35.5 Å². The summed E-state index contributed by atoms with van der Waals surface area (Å²) in [5, 5.41) is 11.4. The van der Waals surface area contributed by atoms with Gasteiger partial charge in [0.05, 0.1) is 18.1 Å². The summed E-state index contributed by atoms with van der Waals surface area (Å²) in [4.78, 5) is 17.8. The lowest BCUT2D eigenvalue weighted by atomic mass is 9.96. The number of fused-ring (bicyclic) bond motifs is 1. The quantitative estimate of drug-likeness (QED) is 0.916. The van der Waals surface area contributed by atoms with Gasteiger partial charge in [-0.1, -0.05) is 12.1 Å². The molecule has 2 aromatic rings. The summed E-state index contributed by atoms with van der Waals surface area (Å²) < 4.78 is 0. The van der Waals surface area contributed by atoms with E-state index in [1.807, 2.05) is 23.2 Å². The first-order valence-corrected chi connectivity index (χ1v) is 7.95. The van der Waals surface area contributed by atoms with Crippen LogP contribution in [0.3, 0.4) is 0 Å². The van der Waals surface area contributed by atoms with E-state index in [0.29, 0.717) is 6.42 Å². The zero-order chi connectivity index (χ0) is 15.9. The Morgan fingerprint density at radius 3 is 2.95 bits per heavy atom. The van der Waals surface area contributed by atoms with Crippen LogP contribution in [0.2, 0.25) is 0 Å². The summed E-state index contributed by atoms with van der Waals surface area (Å²) in [5.41, 5.74) is 2.45. The predicted molar refractivity (Wildman–Crippen MR) is 87.8 cm³/mol. The Bertz CT molecular complexity index is 697. The molecule has 4 nitrogen and oxygen atoms in total. The number of rotatable bonds is 3. The predicted octanol–water partition coefficient (Wildman–Crippen LogP) is 2.78. The molecule has 3 rings (SSSR count). The van der Waals surface area contributed by atoms with Crippen LogP contribution >= 0.6 is 0 Å². The van der Waals surface area contributed by atoms with Gasteiger partial charge in [-0.25, -0.2) is 0 Å². The third-order valence-electron chi connectivity index (χ3n) is 4.73. The molecule has 4 heteroatoms. The molecular formula is C18H24N2O2. The monoisotopic (exact) mass is 300 g/mol. The van der Waals surface area contributed by atoms with E-state index in [4.69, 9.17) is 0 Å². The van der Waals surface area contributed by atoms with Gasteiger partial charge < -0.3 is 15.0 Å². The Balaban J connectivity index is 1.84. The molecule has 1 amide bonds. The number of amides is 1. The van der Waals surface area contributed by atoms with Crippen molar-refractivity contribution < 1.29 is 9.90 Å². The highest BCUT2D eigenvalue weighted by Crippen LogP contribution is 2.29. The number of benzene rings is 1. The largest absolute Gasteiger partial charge is 0.388 e. The standard InChI is InChI=1S/C18H24N2O2/c1-12-6-4-7-14-17(12)13(11-19-14)10-16(21)20-9-5-8-15(20)18(2,3)22/h4,6-7,11,15,19,22H,5,8-10H2,1-3H3. The van der Waals surface area contributed by atoms with Crippen LogP contribution in [-0.4, -0.2) is 39.1 Å². The fourth-order valence-corrected chi connectivity index (χ4v) is 3.65. The van der Waals surface area contributed by atoms with Gasteiger partial charge in [0.15, 0.2) is 0 Å². The van der Waals surface area contributed by atoms with Crippen molar-refractivity contribution in [2.24, 2.45) is 0 Å². The van der Waals surface area contributed by atoms with Crippen LogP contribution in [0.4, 0.5) is 0 Å². The molecule has 0 radical (unpaired) electrons. The number of nitrogens with zero attached hydrogens (tertiary/aromatic N) is 1. The maximum absolute atomic E-state index is 12.7. The molecular weight excluding hydrogens is 276 g/mol. The Morgan fingerprint density at radius 1 is 1.45 bits per heavy atom. The zero-order valence-corrected chi connectivity index (χ0v) is 13.5. The molecule has 2 heterocycles. The van der Waals surface area contributed by atoms with Crippen LogP contribution in [0.1, 0.15) is 37.8 Å². The Morgan fingerprint density at radius 2 is 2.23 bits per heavy atom. The van der Waals surface area contributed by atoms with Gasteiger partial charge in [-0.15, -0.1) is 0 Å². The summed E-state index contributed by atoms with van der Waals surface area (Å²) in [7, 11) is 0. The number of aryl methyl sites for hydroxylation is 1. The van der Waals surface area contributed by atoms with E-state index < -0.39 is 5.60 Å². The minimum atomic E-state index is -0.845. The first-order valence-electron chi connectivity index (χ1n) is 7.95. The fraction of sp³-hybridized carbons (Fsp3) is 0.500. The normalized spacial score (nSPS) is 19.1. The van der Waals surface area contributed by atoms with Gasteiger partial charge in [0, 0.05) is 23.6 Å². The lowest BCUT2D eigenvalue weighted by molar-refractivity contribution is -0.135. The van der Waals surface area contributed by atoms with E-state index in [9.17, 15) is 9.90 Å². The van der Waals surface area contributed by atoms with Crippen LogP contribution in [0, 0.1) is 6.92 Å². The second-order valence-corrected chi connectivity index (χ2v) is 6.89. The molecule has 1 aromatic carbocycles. The third kappa shape index (κ3) is 2.63. The highest BCUT2D eigenvalue weighted by atomic mass is 16.3. The number of aromatic nitrogens is 1. The van der Waals surface area contributed by atoms with E-state index in [-0.39, 0.29) is 11.9 Å². The molecule has 2 N–H and O–H groups in total. The number of hydrogen-bond donors (Lipinski definition) is 2. The molecule has 1 aliphatic rings. The first kappa shape index (κ1) is 15.1. The minimum absolute atomic E-state index is 0.0775. The summed E-state index contributed by atoms with van der Waals surface area (Å²) in [6.07, 6.45) is 4.16. The number of H-pyrrole nitrogens is 1. The van der Waals surface area contributed by atoms with E-state index in [1.54, 1.807) is 13.8 Å². The summed E-state index contributed by atoms with van der Waals surface area (Å²) >= 11 is 0. The Labute approximate surface area is 131 Å². The maximum atomic E-state index is 12.7. The maximum Gasteiger partial charge on any atom is 0.227 e. The number of hydrogen-bond acceptors (Lipinski definition) is 2. The third-order valence-corrected chi connectivity index (χ3v) is 4.73. The number of carbonyl (C=O) groups excluding carboxylic acids is 1. The van der Waals surface area contributed by atoms with Crippen molar-refractivity contribution in [2.45, 2.75) is 51.7 Å². The number of carbonyl (C=O) groups is 1. The lowest BCUT2D eigenvalue weighted by Crippen LogP contribution is -2.48. The first-order chi connectivity index (χ1) is 10.4. The number of aliphatic hydroxyl groups is 1. The molecule has 1 aromatic heterocycles. The van der Waals surface area contributed by atoms with Crippen molar-refractivity contribution in [1.29, 1.82) is 0 Å². The van der Waals surface area contributed by atoms with Gasteiger partial charge in [0.25, 0.3) is 0 Å². The smallest absolute Gasteiger partial charge is 0.227 e. The lowest BCUT2D eigenvalue weighted by Gasteiger charge is -2.33. The highest BCUT2D eigenvalue weighted by molar-refractivity contribution is 5.91. The summed E-state index contributed by atoms with van der Waals surface area (Å²) in [5.74, 6) is 0.105. The molecule has 1 saturated heterocycles. The minimum Gasteiger partial charge on any atom is -0.388 e. The van der Waals surface area contributed by atoms with Crippen molar-refractivity contribution in [1.82, 2.24) is 9.88 Å². The second-order valence-electron chi connectivity index (χ2n) is 6.89. The fourth-order valence-electron chi connectivity index (χ4n) is 3.65. The van der Waals surface area contributed by atoms with Gasteiger partial charge in [-0.2, -0.15) is 0 Å². The number of likely N-dealkylation sites (tertiary alicyclic amines) is 1. The molecule has 1 atom stereocenters. The van der Waals surface area contributed by atoms with Gasteiger partial charge in [0.1, 0.15) is 0 Å². The van der Waals surface area contributed by atoms with E-state index in [1.165, 1.54) is 5.56 Å². The molecule has 118 valence electrons. The van der Waals surface area contributed by atoms with Crippen molar-refractivity contribution in [3.8, 4) is 0 Å². The van der Waals surface area contributed by atoms with Crippen LogP contribution in [0.5, 0.6) is 0 Å². The average molecular weight is 300 g/mol. The number of aromatic amines is 1. The number of nitrogens with one attached hydrogen (secondary N) is 1. The van der Waals surface area contributed by atoms with Gasteiger partial charge in [-0.05, 0) is 50.8 Å². The van der Waals surface area contributed by atoms with E-state index in [2.05, 4.69) is 18.0 Å². The molecule has 0 bridgehead atoms. The zero-order valence-electron chi connectivity index (χ0n) is 13.5. The Kier molecular flexibility index (Phi) is 3.73. The Hall–Kier alpha value is -1.81. The molecule has 1 fully saturated rings. The molecule has 22 heavy (non-hydrogen) atoms. The summed E-state index contributed by atoms with van der Waals surface area (Å²) in [6.45, 7) is 6.40. The molecule has 1 unspecified atom stereocenters. The molecule has 0 saturated carbocycles. The van der Waals surface area contributed by atoms with Gasteiger partial charge in [-0.3, -0.25) is 4.79 Å². The van der Waals surface area contributed by atoms with Gasteiger partial charge in [0.2, 0.25) is 5.91 Å². The second kappa shape index (κ2) is 5.43. The van der Waals surface area contributed by atoms with Crippen LogP contribution in [-0.2, 0) is 11.2 Å². The molecule has 0 aliphatic carbocycles. The van der Waals surface area contributed by atoms with Crippen molar-refractivity contribution >= 4 is 16.8 Å². The summed E-state index contributed by atoms with van der Waals surface area (Å²) in [6, 6.07) is 6.04. The van der Waals surface area contributed by atoms with E-state index in [0.717, 1.165) is 35.9 Å². The van der Waals surface area contributed by atoms with Crippen molar-refractivity contribution in [3.63, 3.8) is 0 Å². The van der Waals surface area contributed by atoms with Crippen LogP contribution in [0.25, 0.3) is 10.9 Å². The average Bonchev–Trinajstić information content (AvgIpc) is 3.05. The van der Waals surface area contributed by atoms with Crippen LogP contribution < -0.4 is 0 Å². The SMILES string of the molecule is Cc1cccc2[nH]cc(CC(=O)N3CCCC3C(C)(C)O)c12. The topological polar surface area (TPSA) is 56.3 Å². The van der Waals surface area contributed by atoms with Gasteiger partial charge >= 0.3 is 0 Å². The molecule has 0 spiro atoms. The molecule has 1 aliphatic heterocycles. The van der Waals surface area contributed by atoms with Crippen LogP contribution in [0.15, 0.2) is 24.4 Å². The van der Waals surface area contributed by atoms with Crippen molar-refractivity contribution in [2.75, 3.05) is 6.54 Å².